The molecule has 0 aliphatic carbocycles. The first kappa shape index (κ1) is 19.6. The van der Waals surface area contributed by atoms with E-state index in [0.717, 1.165) is 21.2 Å². The largest absolute Gasteiger partial charge is 0.481 e. The number of anilines is 2. The number of nitriles is 1. The number of hydrogen-bond donors (Lipinski definition) is 0. The summed E-state index contributed by atoms with van der Waals surface area (Å²) >= 11 is 1.59. The summed E-state index contributed by atoms with van der Waals surface area (Å²) in [4.78, 5) is 28.5. The van der Waals surface area contributed by atoms with E-state index in [4.69, 9.17) is 14.7 Å². The van der Waals surface area contributed by atoms with E-state index in [1.54, 1.807) is 40.9 Å². The van der Waals surface area contributed by atoms with E-state index in [2.05, 4.69) is 0 Å². The fraction of sp³-hybridized carbons (Fsp3) is 0.0870. The molecule has 0 N–H and O–H groups in total. The second-order valence-electron chi connectivity index (χ2n) is 6.32. The highest BCUT2D eigenvalue weighted by atomic mass is 32.2. The third kappa shape index (κ3) is 4.00. The molecule has 0 atom stereocenters. The van der Waals surface area contributed by atoms with Gasteiger partial charge in [0.05, 0.1) is 16.9 Å². The van der Waals surface area contributed by atoms with Crippen LogP contribution < -0.4 is 9.64 Å². The number of carbonyl (C=O) groups excluding carboxylic acids is 2. The molecular weight excluding hydrogens is 400 g/mol. The molecule has 30 heavy (non-hydrogen) atoms. The second-order valence-corrected chi connectivity index (χ2v) is 7.41. The normalized spacial score (nSPS) is 11.6. The number of amides is 1. The molecule has 0 radical (unpaired) electrons. The van der Waals surface area contributed by atoms with Gasteiger partial charge in [-0.15, -0.1) is 0 Å². The minimum absolute atomic E-state index is 0.291. The van der Waals surface area contributed by atoms with Crippen LogP contribution in [-0.4, -0.2) is 25.1 Å². The lowest BCUT2D eigenvalue weighted by molar-refractivity contribution is -0.149. The predicted molar refractivity (Wildman–Crippen MR) is 112 cm³/mol. The van der Waals surface area contributed by atoms with Crippen LogP contribution in [0.4, 0.5) is 11.4 Å². The Morgan fingerprint density at radius 1 is 0.867 bits per heavy atom. The van der Waals surface area contributed by atoms with Crippen LogP contribution in [0.2, 0.25) is 0 Å². The Morgan fingerprint density at radius 2 is 1.47 bits per heavy atom. The predicted octanol–water partition coefficient (Wildman–Crippen LogP) is 4.31. The molecule has 0 saturated carbocycles. The lowest BCUT2D eigenvalue weighted by atomic mass is 10.2. The maximum Gasteiger partial charge on any atom is 0.344 e. The van der Waals surface area contributed by atoms with E-state index in [1.807, 2.05) is 54.6 Å². The highest BCUT2D eigenvalue weighted by Gasteiger charge is 2.28. The van der Waals surface area contributed by atoms with Crippen molar-refractivity contribution in [2.24, 2.45) is 0 Å². The van der Waals surface area contributed by atoms with Gasteiger partial charge in [-0.05, 0) is 36.4 Å². The third-order valence-electron chi connectivity index (χ3n) is 4.39. The average molecular weight is 416 g/mol. The number of carbonyl (C=O) groups is 2. The Balaban J connectivity index is 1.43. The average Bonchev–Trinajstić information content (AvgIpc) is 2.79. The van der Waals surface area contributed by atoms with Gasteiger partial charge in [0.2, 0.25) is 0 Å². The van der Waals surface area contributed by atoms with Crippen LogP contribution in [0.5, 0.6) is 5.75 Å². The number of hydrogen-bond acceptors (Lipinski definition) is 6. The Morgan fingerprint density at radius 3 is 2.13 bits per heavy atom. The number of fused-ring (bicyclic) bond motifs is 2. The monoisotopic (exact) mass is 416 g/mol. The van der Waals surface area contributed by atoms with Gasteiger partial charge < -0.3 is 9.47 Å². The topological polar surface area (TPSA) is 79.6 Å². The highest BCUT2D eigenvalue weighted by molar-refractivity contribution is 7.99. The van der Waals surface area contributed by atoms with Gasteiger partial charge in [0.25, 0.3) is 5.91 Å². The molecule has 0 aromatic heterocycles. The van der Waals surface area contributed by atoms with Crippen molar-refractivity contribution in [3.8, 4) is 11.8 Å². The number of ether oxygens (including phenoxy) is 2. The van der Waals surface area contributed by atoms with Gasteiger partial charge in [-0.3, -0.25) is 9.69 Å². The lowest BCUT2D eigenvalue weighted by Gasteiger charge is -2.30. The van der Waals surface area contributed by atoms with E-state index in [-0.39, 0.29) is 5.91 Å². The van der Waals surface area contributed by atoms with Gasteiger partial charge in [0, 0.05) is 9.79 Å². The molecule has 3 aromatic carbocycles. The zero-order valence-corrected chi connectivity index (χ0v) is 16.6. The quantitative estimate of drug-likeness (QED) is 0.577. The zero-order chi connectivity index (χ0) is 20.9. The maximum absolute atomic E-state index is 13.0. The van der Waals surface area contributed by atoms with Crippen LogP contribution in [0, 0.1) is 11.3 Å². The van der Waals surface area contributed by atoms with Crippen molar-refractivity contribution in [1.82, 2.24) is 0 Å². The minimum Gasteiger partial charge on any atom is -0.481 e. The van der Waals surface area contributed by atoms with Crippen LogP contribution in [0.25, 0.3) is 0 Å². The Hall–Kier alpha value is -3.76. The van der Waals surface area contributed by atoms with Gasteiger partial charge in [-0.1, -0.05) is 48.2 Å². The van der Waals surface area contributed by atoms with Gasteiger partial charge in [0.15, 0.2) is 13.2 Å². The molecule has 3 aromatic rings. The molecule has 1 amide bonds. The van der Waals surface area contributed by atoms with Crippen LogP contribution in [0.1, 0.15) is 5.56 Å². The number of rotatable bonds is 5. The molecule has 0 fully saturated rings. The first-order valence-electron chi connectivity index (χ1n) is 9.14. The smallest absolute Gasteiger partial charge is 0.344 e. The summed E-state index contributed by atoms with van der Waals surface area (Å²) in [5, 5.41) is 9.07. The molecule has 1 aliphatic rings. The van der Waals surface area contributed by atoms with Crippen LogP contribution in [-0.2, 0) is 14.3 Å². The molecule has 0 saturated heterocycles. The van der Waals surface area contributed by atoms with Crippen molar-refractivity contribution in [3.05, 3.63) is 78.4 Å². The molecule has 0 spiro atoms. The Kier molecular flexibility index (Phi) is 5.68. The lowest BCUT2D eigenvalue weighted by Crippen LogP contribution is -2.33. The van der Waals surface area contributed by atoms with Gasteiger partial charge in [-0.2, -0.15) is 5.26 Å². The highest BCUT2D eigenvalue weighted by Crippen LogP contribution is 2.47. The molecular formula is C23H16N2O4S. The van der Waals surface area contributed by atoms with Crippen molar-refractivity contribution in [1.29, 1.82) is 5.26 Å². The van der Waals surface area contributed by atoms with Crippen molar-refractivity contribution in [2.75, 3.05) is 18.1 Å². The summed E-state index contributed by atoms with van der Waals surface area (Å²) in [6.45, 7) is -0.815. The van der Waals surface area contributed by atoms with E-state index in [0.29, 0.717) is 11.3 Å². The van der Waals surface area contributed by atoms with Crippen LogP contribution >= 0.6 is 11.8 Å². The van der Waals surface area contributed by atoms with Gasteiger partial charge >= 0.3 is 5.97 Å². The second kappa shape index (κ2) is 8.72. The SMILES string of the molecule is N#Cc1ccccc1OCC(=O)OCC(=O)N1c2ccccc2Sc2ccccc21. The number of esters is 1. The molecule has 1 heterocycles. The number of para-hydroxylation sites is 3. The maximum atomic E-state index is 13.0. The van der Waals surface area contributed by atoms with Crippen LogP contribution in [0.3, 0.4) is 0 Å². The van der Waals surface area contributed by atoms with Crippen molar-refractivity contribution in [2.45, 2.75) is 9.79 Å². The third-order valence-corrected chi connectivity index (χ3v) is 5.52. The summed E-state index contributed by atoms with van der Waals surface area (Å²) in [6.07, 6.45) is 0. The molecule has 148 valence electrons. The van der Waals surface area contributed by atoms with Crippen molar-refractivity contribution >= 4 is 35.0 Å². The van der Waals surface area contributed by atoms with E-state index in [9.17, 15) is 9.59 Å². The summed E-state index contributed by atoms with van der Waals surface area (Å²) < 4.78 is 10.5. The molecule has 6 nitrogen and oxygen atoms in total. The first-order chi connectivity index (χ1) is 14.7. The molecule has 7 heteroatoms. The standard InChI is InChI=1S/C23H16N2O4S/c24-13-16-7-1-4-10-19(16)28-15-23(27)29-14-22(26)25-17-8-2-5-11-20(17)30-21-12-6-3-9-18(21)25/h1-12H,14-15H2. The molecule has 0 unspecified atom stereocenters. The summed E-state index contributed by atoms with van der Waals surface area (Å²) in [5.41, 5.74) is 1.82. The van der Waals surface area contributed by atoms with Crippen molar-refractivity contribution < 1.29 is 19.1 Å². The van der Waals surface area contributed by atoms with E-state index >= 15 is 0 Å². The number of benzene rings is 3. The molecule has 0 bridgehead atoms. The fourth-order valence-corrected chi connectivity index (χ4v) is 4.10. The van der Waals surface area contributed by atoms with Crippen LogP contribution in [0.15, 0.2) is 82.6 Å². The van der Waals surface area contributed by atoms with Crippen molar-refractivity contribution in [3.63, 3.8) is 0 Å². The summed E-state index contributed by atoms with van der Waals surface area (Å²) in [7, 11) is 0. The zero-order valence-electron chi connectivity index (χ0n) is 15.8. The Labute approximate surface area is 177 Å². The molecule has 4 rings (SSSR count). The summed E-state index contributed by atoms with van der Waals surface area (Å²) in [6, 6.07) is 23.8. The van der Waals surface area contributed by atoms with E-state index in [1.165, 1.54) is 0 Å². The summed E-state index contributed by atoms with van der Waals surface area (Å²) in [5.74, 6) is -0.760. The Bertz CT molecular complexity index is 1110. The van der Waals surface area contributed by atoms with E-state index < -0.39 is 19.2 Å². The number of nitrogens with zero attached hydrogens (tertiary/aromatic N) is 2. The first-order valence-corrected chi connectivity index (χ1v) is 9.95. The fourth-order valence-electron chi connectivity index (χ4n) is 3.04. The molecule has 1 aliphatic heterocycles. The minimum atomic E-state index is -0.691. The van der Waals surface area contributed by atoms with Gasteiger partial charge in [0.1, 0.15) is 11.8 Å². The van der Waals surface area contributed by atoms with Gasteiger partial charge in [-0.25, -0.2) is 4.79 Å².